The molecule has 1 fully saturated rings. The lowest BCUT2D eigenvalue weighted by molar-refractivity contribution is 0.607. The molecular weight excluding hydrogens is 322 g/mol. The molecule has 26 heavy (non-hydrogen) atoms. The summed E-state index contributed by atoms with van der Waals surface area (Å²) in [6.45, 7) is 7.34. The van der Waals surface area contributed by atoms with Crippen molar-refractivity contribution in [2.75, 3.05) is 13.6 Å². The zero-order valence-electron chi connectivity index (χ0n) is 16.6. The maximum Gasteiger partial charge on any atom is 0.191 e. The van der Waals surface area contributed by atoms with Gasteiger partial charge >= 0.3 is 0 Å². The molecule has 0 aliphatic heterocycles. The van der Waals surface area contributed by atoms with Gasteiger partial charge in [-0.25, -0.2) is 0 Å². The highest BCUT2D eigenvalue weighted by atomic mass is 15.3. The molecule has 1 aromatic carbocycles. The van der Waals surface area contributed by atoms with Gasteiger partial charge in [-0.2, -0.15) is 5.10 Å². The minimum atomic E-state index is 0.276. The average Bonchev–Trinajstić information content (AvgIpc) is 3.39. The minimum absolute atomic E-state index is 0.276. The van der Waals surface area contributed by atoms with Crippen LogP contribution in [0.1, 0.15) is 42.3 Å². The van der Waals surface area contributed by atoms with Crippen molar-refractivity contribution in [3.05, 3.63) is 52.8 Å². The van der Waals surface area contributed by atoms with Crippen molar-refractivity contribution in [3.8, 4) is 0 Å². The van der Waals surface area contributed by atoms with Crippen molar-refractivity contribution < 1.29 is 0 Å². The number of hydrogen-bond donors (Lipinski definition) is 2. The van der Waals surface area contributed by atoms with Crippen LogP contribution >= 0.6 is 0 Å². The van der Waals surface area contributed by atoms with E-state index in [4.69, 9.17) is 0 Å². The Balaban J connectivity index is 1.57. The lowest BCUT2D eigenvalue weighted by atomic mass is 9.96. The number of nitrogens with one attached hydrogen (secondary N) is 2. The fraction of sp³-hybridized carbons (Fsp3) is 0.524. The van der Waals surface area contributed by atoms with E-state index >= 15 is 0 Å². The first kappa shape index (κ1) is 18.5. The summed E-state index contributed by atoms with van der Waals surface area (Å²) in [6, 6.07) is 11.1. The van der Waals surface area contributed by atoms with Gasteiger partial charge in [0.15, 0.2) is 5.96 Å². The molecule has 0 saturated heterocycles. The van der Waals surface area contributed by atoms with Crippen molar-refractivity contribution in [2.45, 2.75) is 51.5 Å². The fourth-order valence-corrected chi connectivity index (χ4v) is 3.66. The molecule has 1 heterocycles. The summed E-state index contributed by atoms with van der Waals surface area (Å²) in [6.07, 6.45) is 3.42. The highest BCUT2D eigenvalue weighted by Crippen LogP contribution is 2.47. The Morgan fingerprint density at radius 2 is 1.96 bits per heavy atom. The van der Waals surface area contributed by atoms with Crippen LogP contribution in [-0.4, -0.2) is 35.4 Å². The van der Waals surface area contributed by atoms with Crippen LogP contribution in [0.4, 0.5) is 0 Å². The number of aromatic nitrogens is 2. The molecule has 0 radical (unpaired) electrons. The first-order valence-corrected chi connectivity index (χ1v) is 9.47. The second-order valence-corrected chi connectivity index (χ2v) is 7.59. The normalized spacial score (nSPS) is 17.0. The zero-order chi connectivity index (χ0) is 18.7. The van der Waals surface area contributed by atoms with E-state index in [1.54, 1.807) is 0 Å². The minimum Gasteiger partial charge on any atom is -0.356 e. The van der Waals surface area contributed by atoms with Gasteiger partial charge in [-0.15, -0.1) is 0 Å². The second-order valence-electron chi connectivity index (χ2n) is 7.59. The van der Waals surface area contributed by atoms with Gasteiger partial charge in [0, 0.05) is 37.8 Å². The van der Waals surface area contributed by atoms with Gasteiger partial charge in [-0.05, 0) is 51.2 Å². The van der Waals surface area contributed by atoms with Crippen molar-refractivity contribution in [3.63, 3.8) is 0 Å². The Hall–Kier alpha value is -2.30. The standard InChI is InChI=1S/C21H31N5/c1-15(13-19-16(2)25-26(5)17(19)3)24-20(22-4)23-14-21(11-12-21)18-9-7-6-8-10-18/h6-10,15H,11-14H2,1-5H3,(H2,22,23,24). The summed E-state index contributed by atoms with van der Waals surface area (Å²) in [4.78, 5) is 4.42. The molecule has 1 unspecified atom stereocenters. The SMILES string of the molecule is CN=C(NCC1(c2ccccc2)CC1)NC(C)Cc1c(C)nn(C)c1C. The van der Waals surface area contributed by atoms with Crippen molar-refractivity contribution in [1.82, 2.24) is 20.4 Å². The molecular formula is C21H31N5. The molecule has 2 N–H and O–H groups in total. The van der Waals surface area contributed by atoms with E-state index < -0.39 is 0 Å². The molecule has 0 spiro atoms. The molecule has 0 bridgehead atoms. The third kappa shape index (κ3) is 3.92. The number of benzene rings is 1. The maximum atomic E-state index is 4.52. The molecule has 2 aromatic rings. The molecule has 1 atom stereocenters. The Bertz CT molecular complexity index is 771. The summed E-state index contributed by atoms with van der Waals surface area (Å²) < 4.78 is 1.96. The summed E-state index contributed by atoms with van der Waals surface area (Å²) in [5.41, 5.74) is 5.38. The van der Waals surface area contributed by atoms with Crippen molar-refractivity contribution in [1.29, 1.82) is 0 Å². The highest BCUT2D eigenvalue weighted by molar-refractivity contribution is 5.80. The second kappa shape index (κ2) is 7.52. The van der Waals surface area contributed by atoms with E-state index in [2.05, 4.69) is 71.8 Å². The number of aliphatic imine (C=N–C) groups is 1. The van der Waals surface area contributed by atoms with Crippen LogP contribution in [0.2, 0.25) is 0 Å². The number of hydrogen-bond acceptors (Lipinski definition) is 2. The monoisotopic (exact) mass is 353 g/mol. The molecule has 5 heteroatoms. The van der Waals surface area contributed by atoms with E-state index in [9.17, 15) is 0 Å². The number of aryl methyl sites for hydroxylation is 2. The molecule has 1 saturated carbocycles. The maximum absolute atomic E-state index is 4.52. The van der Waals surface area contributed by atoms with Gasteiger partial charge in [0.1, 0.15) is 0 Å². The lowest BCUT2D eigenvalue weighted by Gasteiger charge is -2.22. The van der Waals surface area contributed by atoms with Gasteiger partial charge < -0.3 is 10.6 Å². The largest absolute Gasteiger partial charge is 0.356 e. The molecule has 3 rings (SSSR count). The summed E-state index contributed by atoms with van der Waals surface area (Å²) >= 11 is 0. The fourth-order valence-electron chi connectivity index (χ4n) is 3.66. The van der Waals surface area contributed by atoms with E-state index in [1.807, 2.05) is 18.8 Å². The van der Waals surface area contributed by atoms with Gasteiger partial charge in [0.05, 0.1) is 5.69 Å². The molecule has 5 nitrogen and oxygen atoms in total. The van der Waals surface area contributed by atoms with Crippen LogP contribution in [0.15, 0.2) is 35.3 Å². The van der Waals surface area contributed by atoms with Crippen LogP contribution in [0, 0.1) is 13.8 Å². The molecule has 0 amide bonds. The van der Waals surface area contributed by atoms with Crippen LogP contribution in [-0.2, 0) is 18.9 Å². The van der Waals surface area contributed by atoms with Crippen LogP contribution in [0.25, 0.3) is 0 Å². The van der Waals surface area contributed by atoms with E-state index in [0.29, 0.717) is 0 Å². The van der Waals surface area contributed by atoms with Crippen molar-refractivity contribution in [2.24, 2.45) is 12.0 Å². The Morgan fingerprint density at radius 3 is 2.50 bits per heavy atom. The van der Waals surface area contributed by atoms with Crippen LogP contribution < -0.4 is 10.6 Å². The van der Waals surface area contributed by atoms with Crippen LogP contribution in [0.5, 0.6) is 0 Å². The Morgan fingerprint density at radius 1 is 1.27 bits per heavy atom. The molecule has 140 valence electrons. The summed E-state index contributed by atoms with van der Waals surface area (Å²) in [5.74, 6) is 0.874. The third-order valence-corrected chi connectivity index (χ3v) is 5.61. The van der Waals surface area contributed by atoms with Gasteiger partial charge in [0.2, 0.25) is 0 Å². The predicted molar refractivity (Wildman–Crippen MR) is 108 cm³/mol. The average molecular weight is 354 g/mol. The highest BCUT2D eigenvalue weighted by Gasteiger charge is 2.44. The summed E-state index contributed by atoms with van der Waals surface area (Å²) in [7, 11) is 3.84. The number of nitrogens with zero attached hydrogens (tertiary/aromatic N) is 3. The van der Waals surface area contributed by atoms with Gasteiger partial charge in [0.25, 0.3) is 0 Å². The van der Waals surface area contributed by atoms with Crippen molar-refractivity contribution >= 4 is 5.96 Å². The first-order chi connectivity index (χ1) is 12.4. The van der Waals surface area contributed by atoms with E-state index in [0.717, 1.165) is 24.6 Å². The Labute approximate surface area is 156 Å². The third-order valence-electron chi connectivity index (χ3n) is 5.61. The van der Waals surface area contributed by atoms with Crippen LogP contribution in [0.3, 0.4) is 0 Å². The summed E-state index contributed by atoms with van der Waals surface area (Å²) in [5, 5.41) is 11.6. The lowest BCUT2D eigenvalue weighted by Crippen LogP contribution is -2.45. The number of rotatable bonds is 6. The van der Waals surface area contributed by atoms with E-state index in [1.165, 1.54) is 29.7 Å². The first-order valence-electron chi connectivity index (χ1n) is 9.47. The zero-order valence-corrected chi connectivity index (χ0v) is 16.6. The topological polar surface area (TPSA) is 54.2 Å². The predicted octanol–water partition coefficient (Wildman–Crippen LogP) is 2.86. The smallest absolute Gasteiger partial charge is 0.191 e. The van der Waals surface area contributed by atoms with E-state index in [-0.39, 0.29) is 11.5 Å². The number of guanidine groups is 1. The molecule has 1 aliphatic carbocycles. The quantitative estimate of drug-likeness (QED) is 0.620. The van der Waals surface area contributed by atoms with Gasteiger partial charge in [-0.3, -0.25) is 9.67 Å². The molecule has 1 aliphatic rings. The Kier molecular flexibility index (Phi) is 5.35. The molecule has 1 aromatic heterocycles. The van der Waals surface area contributed by atoms with Gasteiger partial charge in [-0.1, -0.05) is 30.3 Å².